The van der Waals surface area contributed by atoms with E-state index in [2.05, 4.69) is 0 Å². The van der Waals surface area contributed by atoms with Gasteiger partial charge in [-0.15, -0.1) is 0 Å². The van der Waals surface area contributed by atoms with Gasteiger partial charge in [0.05, 0.1) is 0 Å². The highest BCUT2D eigenvalue weighted by molar-refractivity contribution is 5.39. The zero-order valence-electron chi connectivity index (χ0n) is 9.37. The second-order valence-corrected chi connectivity index (χ2v) is 4.01. The van der Waals surface area contributed by atoms with Crippen LogP contribution in [0.25, 0.3) is 0 Å². The first-order chi connectivity index (χ1) is 8.08. The largest absolute Gasteiger partial charge is 0.508 e. The molecule has 2 rings (SSSR count). The molecule has 17 heavy (non-hydrogen) atoms. The molecule has 0 aliphatic heterocycles. The normalized spacial score (nSPS) is 10.5. The fourth-order valence-corrected chi connectivity index (χ4v) is 1.75. The standard InChI is InChI=1S/C14H12F2O/c1-9-5-6-14(17)10(7-9)8-11-12(15)3-2-4-13(11)16/h2-7,17H,8H2,1H3. The van der Waals surface area contributed by atoms with Gasteiger partial charge < -0.3 is 5.11 Å². The number of benzene rings is 2. The molecule has 0 spiro atoms. The van der Waals surface area contributed by atoms with Crippen LogP contribution in [0.4, 0.5) is 8.78 Å². The maximum absolute atomic E-state index is 13.4. The summed E-state index contributed by atoms with van der Waals surface area (Å²) in [7, 11) is 0. The molecule has 0 aliphatic rings. The van der Waals surface area contributed by atoms with E-state index in [-0.39, 0.29) is 17.7 Å². The molecule has 2 aromatic rings. The van der Waals surface area contributed by atoms with Gasteiger partial charge in [0.15, 0.2) is 0 Å². The lowest BCUT2D eigenvalue weighted by molar-refractivity contribution is 0.468. The molecule has 0 aromatic heterocycles. The van der Waals surface area contributed by atoms with E-state index in [4.69, 9.17) is 0 Å². The Morgan fingerprint density at radius 2 is 1.71 bits per heavy atom. The summed E-state index contributed by atoms with van der Waals surface area (Å²) in [5.41, 5.74) is 1.44. The molecule has 2 aromatic carbocycles. The van der Waals surface area contributed by atoms with Gasteiger partial charge in [0.25, 0.3) is 0 Å². The molecule has 0 radical (unpaired) electrons. The lowest BCUT2D eigenvalue weighted by Gasteiger charge is -2.08. The van der Waals surface area contributed by atoms with Gasteiger partial charge in [0.2, 0.25) is 0 Å². The number of halogens is 2. The summed E-state index contributed by atoms with van der Waals surface area (Å²) in [6.07, 6.45) is 0.0476. The van der Waals surface area contributed by atoms with Gasteiger partial charge >= 0.3 is 0 Å². The summed E-state index contributed by atoms with van der Waals surface area (Å²) >= 11 is 0. The Morgan fingerprint density at radius 1 is 1.06 bits per heavy atom. The minimum absolute atomic E-state index is 0.0200. The van der Waals surface area contributed by atoms with Crippen molar-refractivity contribution in [3.8, 4) is 5.75 Å². The summed E-state index contributed by atoms with van der Waals surface area (Å²) < 4.78 is 26.9. The van der Waals surface area contributed by atoms with E-state index in [1.807, 2.05) is 6.92 Å². The maximum atomic E-state index is 13.4. The van der Waals surface area contributed by atoms with Crippen LogP contribution in [0.2, 0.25) is 0 Å². The van der Waals surface area contributed by atoms with Crippen LogP contribution >= 0.6 is 0 Å². The maximum Gasteiger partial charge on any atom is 0.129 e. The number of phenolic OH excluding ortho intramolecular Hbond substituents is 1. The van der Waals surface area contributed by atoms with Crippen LogP contribution in [-0.4, -0.2) is 5.11 Å². The molecule has 0 amide bonds. The van der Waals surface area contributed by atoms with Gasteiger partial charge in [-0.2, -0.15) is 0 Å². The molecule has 0 saturated carbocycles. The smallest absolute Gasteiger partial charge is 0.129 e. The lowest BCUT2D eigenvalue weighted by atomic mass is 10.0. The van der Waals surface area contributed by atoms with E-state index in [1.165, 1.54) is 24.3 Å². The highest BCUT2D eigenvalue weighted by Crippen LogP contribution is 2.24. The second-order valence-electron chi connectivity index (χ2n) is 4.01. The first kappa shape index (κ1) is 11.6. The average Bonchev–Trinajstić information content (AvgIpc) is 2.28. The van der Waals surface area contributed by atoms with E-state index >= 15 is 0 Å². The van der Waals surface area contributed by atoms with E-state index in [0.717, 1.165) is 5.56 Å². The van der Waals surface area contributed by atoms with Crippen LogP contribution in [0.15, 0.2) is 36.4 Å². The number of aryl methyl sites for hydroxylation is 1. The quantitative estimate of drug-likeness (QED) is 0.842. The number of aromatic hydroxyl groups is 1. The predicted octanol–water partition coefficient (Wildman–Crippen LogP) is 3.57. The monoisotopic (exact) mass is 234 g/mol. The minimum Gasteiger partial charge on any atom is -0.508 e. The zero-order valence-corrected chi connectivity index (χ0v) is 9.37. The van der Waals surface area contributed by atoms with Crippen molar-refractivity contribution in [2.75, 3.05) is 0 Å². The van der Waals surface area contributed by atoms with Gasteiger partial charge in [-0.3, -0.25) is 0 Å². The Morgan fingerprint density at radius 3 is 2.35 bits per heavy atom. The molecular formula is C14H12F2O. The van der Waals surface area contributed by atoms with Crippen LogP contribution in [0.3, 0.4) is 0 Å². The molecule has 0 atom stereocenters. The number of rotatable bonds is 2. The molecular weight excluding hydrogens is 222 g/mol. The van der Waals surface area contributed by atoms with Gasteiger partial charge in [0.1, 0.15) is 17.4 Å². The second kappa shape index (κ2) is 4.53. The Kier molecular flexibility index (Phi) is 3.09. The fraction of sp³-hybridized carbons (Fsp3) is 0.143. The van der Waals surface area contributed by atoms with Crippen molar-refractivity contribution >= 4 is 0 Å². The Bertz CT molecular complexity index is 530. The van der Waals surface area contributed by atoms with Crippen LogP contribution < -0.4 is 0 Å². The molecule has 0 aliphatic carbocycles. The molecule has 0 unspecified atom stereocenters. The van der Waals surface area contributed by atoms with Crippen molar-refractivity contribution in [2.24, 2.45) is 0 Å². The van der Waals surface area contributed by atoms with Crippen molar-refractivity contribution in [3.63, 3.8) is 0 Å². The lowest BCUT2D eigenvalue weighted by Crippen LogP contribution is -1.97. The molecule has 88 valence electrons. The highest BCUT2D eigenvalue weighted by Gasteiger charge is 2.11. The molecule has 0 bridgehead atoms. The van der Waals surface area contributed by atoms with Gasteiger partial charge in [-0.1, -0.05) is 23.8 Å². The third kappa shape index (κ3) is 2.44. The Balaban J connectivity index is 2.41. The summed E-state index contributed by atoms with van der Waals surface area (Å²) in [6.45, 7) is 1.86. The van der Waals surface area contributed by atoms with Gasteiger partial charge in [-0.05, 0) is 30.7 Å². The molecule has 1 nitrogen and oxygen atoms in total. The van der Waals surface area contributed by atoms with E-state index < -0.39 is 11.6 Å². The first-order valence-corrected chi connectivity index (χ1v) is 5.29. The third-order valence-electron chi connectivity index (χ3n) is 2.66. The van der Waals surface area contributed by atoms with Crippen molar-refractivity contribution in [1.82, 2.24) is 0 Å². The third-order valence-corrected chi connectivity index (χ3v) is 2.66. The summed E-state index contributed by atoms with van der Waals surface area (Å²) in [4.78, 5) is 0. The van der Waals surface area contributed by atoms with Gasteiger partial charge in [0, 0.05) is 12.0 Å². The minimum atomic E-state index is -0.592. The number of hydrogen-bond donors (Lipinski definition) is 1. The number of hydrogen-bond acceptors (Lipinski definition) is 1. The van der Waals surface area contributed by atoms with E-state index in [9.17, 15) is 13.9 Å². The molecule has 1 N–H and O–H groups in total. The molecule has 3 heteroatoms. The van der Waals surface area contributed by atoms with Crippen LogP contribution in [-0.2, 0) is 6.42 Å². The van der Waals surface area contributed by atoms with Crippen molar-refractivity contribution in [2.45, 2.75) is 13.3 Å². The van der Waals surface area contributed by atoms with Gasteiger partial charge in [-0.25, -0.2) is 8.78 Å². The van der Waals surface area contributed by atoms with Crippen LogP contribution in [0, 0.1) is 18.6 Å². The Hall–Kier alpha value is -1.90. The molecule has 0 heterocycles. The van der Waals surface area contributed by atoms with Crippen LogP contribution in [0.5, 0.6) is 5.75 Å². The first-order valence-electron chi connectivity index (χ1n) is 5.29. The Labute approximate surface area is 98.3 Å². The van der Waals surface area contributed by atoms with Crippen molar-refractivity contribution < 1.29 is 13.9 Å². The number of phenols is 1. The summed E-state index contributed by atoms with van der Waals surface area (Å²) in [5, 5.41) is 9.63. The summed E-state index contributed by atoms with van der Waals surface area (Å²) in [5.74, 6) is -1.13. The average molecular weight is 234 g/mol. The topological polar surface area (TPSA) is 20.2 Å². The molecule has 0 fully saturated rings. The van der Waals surface area contributed by atoms with E-state index in [1.54, 1.807) is 12.1 Å². The SMILES string of the molecule is Cc1ccc(O)c(Cc2c(F)cccc2F)c1. The predicted molar refractivity (Wildman–Crippen MR) is 62.0 cm³/mol. The van der Waals surface area contributed by atoms with Crippen molar-refractivity contribution in [1.29, 1.82) is 0 Å². The highest BCUT2D eigenvalue weighted by atomic mass is 19.1. The molecule has 0 saturated heterocycles. The fourth-order valence-electron chi connectivity index (χ4n) is 1.75. The van der Waals surface area contributed by atoms with E-state index in [0.29, 0.717) is 5.56 Å². The van der Waals surface area contributed by atoms with Crippen LogP contribution in [0.1, 0.15) is 16.7 Å². The zero-order chi connectivity index (χ0) is 12.4. The van der Waals surface area contributed by atoms with Crippen molar-refractivity contribution in [3.05, 3.63) is 64.7 Å². The summed E-state index contributed by atoms with van der Waals surface area (Å²) in [6, 6.07) is 8.75.